The van der Waals surface area contributed by atoms with Gasteiger partial charge in [0.25, 0.3) is 5.91 Å². The molecular formula is C20H26FN3O4. The summed E-state index contributed by atoms with van der Waals surface area (Å²) >= 11 is 0. The predicted molar refractivity (Wildman–Crippen MR) is 99.9 cm³/mol. The minimum Gasteiger partial charge on any atom is -0.383 e. The lowest BCUT2D eigenvalue weighted by Crippen LogP contribution is -2.44. The number of fused-ring (bicyclic) bond motifs is 1. The Bertz CT molecular complexity index is 765. The second-order valence-electron chi connectivity index (χ2n) is 8.15. The van der Waals surface area contributed by atoms with E-state index in [0.29, 0.717) is 18.7 Å². The van der Waals surface area contributed by atoms with Gasteiger partial charge in [-0.2, -0.15) is 0 Å². The number of rotatable bonds is 5. The number of nitrogens with zero attached hydrogens (tertiary/aromatic N) is 3. The van der Waals surface area contributed by atoms with Crippen LogP contribution in [-0.4, -0.2) is 78.5 Å². The van der Waals surface area contributed by atoms with Crippen LogP contribution in [0.4, 0.5) is 9.18 Å². The fourth-order valence-electron chi connectivity index (χ4n) is 3.82. The van der Waals surface area contributed by atoms with Crippen molar-refractivity contribution < 1.29 is 23.5 Å². The van der Waals surface area contributed by atoms with Gasteiger partial charge in [-0.3, -0.25) is 14.5 Å². The molecule has 0 saturated carbocycles. The van der Waals surface area contributed by atoms with Gasteiger partial charge in [-0.05, 0) is 17.7 Å². The van der Waals surface area contributed by atoms with Crippen LogP contribution in [0.15, 0.2) is 24.3 Å². The maximum Gasteiger partial charge on any atom is 0.327 e. The number of imide groups is 1. The number of urea groups is 1. The lowest BCUT2D eigenvalue weighted by Gasteiger charge is -2.30. The third kappa shape index (κ3) is 4.16. The summed E-state index contributed by atoms with van der Waals surface area (Å²) in [6.07, 6.45) is 0.124. The molecular weight excluding hydrogens is 365 g/mol. The number of methoxy groups -OCH3 is 1. The van der Waals surface area contributed by atoms with Crippen LogP contribution in [0.3, 0.4) is 0 Å². The summed E-state index contributed by atoms with van der Waals surface area (Å²) in [5.41, 5.74) is 0.348. The summed E-state index contributed by atoms with van der Waals surface area (Å²) in [4.78, 5) is 42.9. The first-order valence-electron chi connectivity index (χ1n) is 9.35. The number of hydrogen-bond donors (Lipinski definition) is 0. The van der Waals surface area contributed by atoms with Crippen molar-refractivity contribution in [3.05, 3.63) is 35.6 Å². The molecule has 0 bridgehead atoms. The first kappa shape index (κ1) is 20.3. The third-order valence-electron chi connectivity index (χ3n) is 5.15. The van der Waals surface area contributed by atoms with Gasteiger partial charge in [0.05, 0.1) is 26.1 Å². The molecule has 2 fully saturated rings. The molecule has 0 aliphatic carbocycles. The van der Waals surface area contributed by atoms with E-state index in [-0.39, 0.29) is 55.2 Å². The SMILES string of the molecule is COCCN1C(=O)C2CN(C(=O)Cc3ccc(F)cc3)CC(C)(C)CN2C1=O. The molecule has 2 aliphatic rings. The molecule has 1 unspecified atom stereocenters. The zero-order valence-electron chi connectivity index (χ0n) is 16.5. The van der Waals surface area contributed by atoms with E-state index in [1.807, 2.05) is 13.8 Å². The summed E-state index contributed by atoms with van der Waals surface area (Å²) in [6.45, 7) is 5.42. The van der Waals surface area contributed by atoms with Crippen molar-refractivity contribution in [1.82, 2.24) is 14.7 Å². The average Bonchev–Trinajstić information content (AvgIpc) is 2.77. The van der Waals surface area contributed by atoms with E-state index in [1.165, 1.54) is 24.1 Å². The van der Waals surface area contributed by atoms with Gasteiger partial charge < -0.3 is 14.5 Å². The highest BCUT2D eigenvalue weighted by atomic mass is 19.1. The van der Waals surface area contributed by atoms with Crippen LogP contribution in [0.1, 0.15) is 19.4 Å². The molecule has 28 heavy (non-hydrogen) atoms. The maximum absolute atomic E-state index is 13.1. The molecule has 7 nitrogen and oxygen atoms in total. The second-order valence-corrected chi connectivity index (χ2v) is 8.15. The van der Waals surface area contributed by atoms with Crippen molar-refractivity contribution in [3.63, 3.8) is 0 Å². The third-order valence-corrected chi connectivity index (χ3v) is 5.15. The highest BCUT2D eigenvalue weighted by molar-refractivity contribution is 6.04. The number of ether oxygens (including phenoxy) is 1. The Morgan fingerprint density at radius 2 is 1.89 bits per heavy atom. The van der Waals surface area contributed by atoms with Crippen LogP contribution in [0.25, 0.3) is 0 Å². The Hall–Kier alpha value is -2.48. The van der Waals surface area contributed by atoms with Crippen LogP contribution < -0.4 is 0 Å². The van der Waals surface area contributed by atoms with E-state index in [0.717, 1.165) is 0 Å². The van der Waals surface area contributed by atoms with Gasteiger partial charge in [-0.1, -0.05) is 26.0 Å². The lowest BCUT2D eigenvalue weighted by molar-refractivity contribution is -0.133. The average molecular weight is 391 g/mol. The molecule has 3 rings (SSSR count). The molecule has 2 saturated heterocycles. The van der Waals surface area contributed by atoms with Gasteiger partial charge >= 0.3 is 6.03 Å². The Labute approximate surface area is 164 Å². The molecule has 0 aromatic heterocycles. The fourth-order valence-corrected chi connectivity index (χ4v) is 3.82. The second kappa shape index (κ2) is 7.87. The van der Waals surface area contributed by atoms with Crippen molar-refractivity contribution in [2.75, 3.05) is 39.9 Å². The number of benzene rings is 1. The highest BCUT2D eigenvalue weighted by Crippen LogP contribution is 2.30. The van der Waals surface area contributed by atoms with E-state index < -0.39 is 6.04 Å². The molecule has 0 N–H and O–H groups in total. The molecule has 0 radical (unpaired) electrons. The largest absolute Gasteiger partial charge is 0.383 e. The van der Waals surface area contributed by atoms with Gasteiger partial charge in [0.15, 0.2) is 0 Å². The Morgan fingerprint density at radius 1 is 1.21 bits per heavy atom. The Morgan fingerprint density at radius 3 is 2.54 bits per heavy atom. The standard InChI is InChI=1S/C20H26FN3O4/c1-20(2)12-22(17(25)10-14-4-6-15(21)7-5-14)11-16-18(26)23(8-9-28-3)19(27)24(16)13-20/h4-7,16H,8-13H2,1-3H3. The smallest absolute Gasteiger partial charge is 0.327 e. The van der Waals surface area contributed by atoms with Gasteiger partial charge in [0.2, 0.25) is 5.91 Å². The zero-order chi connectivity index (χ0) is 20.5. The van der Waals surface area contributed by atoms with E-state index in [4.69, 9.17) is 4.74 Å². The minimum absolute atomic E-state index is 0.124. The van der Waals surface area contributed by atoms with Crippen LogP contribution in [0, 0.1) is 11.2 Å². The van der Waals surface area contributed by atoms with Crippen molar-refractivity contribution in [1.29, 1.82) is 0 Å². The molecule has 0 spiro atoms. The number of carbonyl (C=O) groups excluding carboxylic acids is 3. The first-order chi connectivity index (χ1) is 13.2. The van der Waals surface area contributed by atoms with Crippen LogP contribution in [0.2, 0.25) is 0 Å². The summed E-state index contributed by atoms with van der Waals surface area (Å²) < 4.78 is 18.1. The summed E-state index contributed by atoms with van der Waals surface area (Å²) in [5.74, 6) is -0.787. The van der Waals surface area contributed by atoms with Gasteiger partial charge in [0.1, 0.15) is 11.9 Å². The molecule has 8 heteroatoms. The van der Waals surface area contributed by atoms with E-state index >= 15 is 0 Å². The topological polar surface area (TPSA) is 70.2 Å². The normalized spacial score (nSPS) is 21.7. The van der Waals surface area contributed by atoms with Crippen molar-refractivity contribution in [2.45, 2.75) is 26.3 Å². The predicted octanol–water partition coefficient (Wildman–Crippen LogP) is 1.52. The quantitative estimate of drug-likeness (QED) is 0.714. The summed E-state index contributed by atoms with van der Waals surface area (Å²) in [7, 11) is 1.52. The summed E-state index contributed by atoms with van der Waals surface area (Å²) in [6, 6.07) is 4.81. The molecule has 1 aromatic carbocycles. The monoisotopic (exact) mass is 391 g/mol. The molecule has 4 amide bonds. The summed E-state index contributed by atoms with van der Waals surface area (Å²) in [5, 5.41) is 0. The van der Waals surface area contributed by atoms with Crippen LogP contribution >= 0.6 is 0 Å². The molecule has 152 valence electrons. The number of amides is 4. The molecule has 1 aromatic rings. The van der Waals surface area contributed by atoms with Crippen LogP contribution in [-0.2, 0) is 20.7 Å². The molecule has 2 aliphatic heterocycles. The molecule has 2 heterocycles. The molecule has 1 atom stereocenters. The highest BCUT2D eigenvalue weighted by Gasteiger charge is 2.49. The fraction of sp³-hybridized carbons (Fsp3) is 0.550. The van der Waals surface area contributed by atoms with E-state index in [2.05, 4.69) is 0 Å². The lowest BCUT2D eigenvalue weighted by atomic mass is 9.92. The van der Waals surface area contributed by atoms with Gasteiger partial charge in [0, 0.05) is 25.6 Å². The van der Waals surface area contributed by atoms with Crippen molar-refractivity contribution in [2.24, 2.45) is 5.41 Å². The Balaban J connectivity index is 1.79. The Kier molecular flexibility index (Phi) is 5.69. The maximum atomic E-state index is 13.1. The number of halogens is 1. The van der Waals surface area contributed by atoms with E-state index in [1.54, 1.807) is 21.9 Å². The number of hydrogen-bond acceptors (Lipinski definition) is 4. The van der Waals surface area contributed by atoms with E-state index in [9.17, 15) is 18.8 Å². The van der Waals surface area contributed by atoms with Gasteiger partial charge in [-0.15, -0.1) is 0 Å². The minimum atomic E-state index is -0.678. The van der Waals surface area contributed by atoms with Gasteiger partial charge in [-0.25, -0.2) is 9.18 Å². The first-order valence-corrected chi connectivity index (χ1v) is 9.35. The van der Waals surface area contributed by atoms with Crippen molar-refractivity contribution in [3.8, 4) is 0 Å². The van der Waals surface area contributed by atoms with Crippen LogP contribution in [0.5, 0.6) is 0 Å². The number of carbonyl (C=O) groups is 3. The van der Waals surface area contributed by atoms with Crippen molar-refractivity contribution >= 4 is 17.8 Å². The zero-order valence-corrected chi connectivity index (χ0v) is 16.5.